The first kappa shape index (κ1) is 18.4. The Morgan fingerprint density at radius 1 is 1.37 bits per heavy atom. The van der Waals surface area contributed by atoms with E-state index in [2.05, 4.69) is 20.8 Å². The van der Waals surface area contributed by atoms with Crippen LogP contribution in [0.5, 0.6) is 5.75 Å². The first-order valence-electron chi connectivity index (χ1n) is 8.55. The van der Waals surface area contributed by atoms with Crippen LogP contribution in [0.2, 0.25) is 0 Å². The Kier molecular flexibility index (Phi) is 5.11. The van der Waals surface area contributed by atoms with Crippen LogP contribution in [0.15, 0.2) is 46.5 Å². The number of guanidine groups is 1. The maximum Gasteiger partial charge on any atom is 0.325 e. The van der Waals surface area contributed by atoms with Crippen LogP contribution < -0.4 is 10.7 Å². The molecule has 0 aliphatic carbocycles. The highest BCUT2D eigenvalue weighted by Gasteiger charge is 2.48. The molecule has 1 aromatic rings. The minimum absolute atomic E-state index is 0.181. The highest BCUT2D eigenvalue weighted by Crippen LogP contribution is 2.23. The lowest BCUT2D eigenvalue weighted by atomic mass is 10.1. The van der Waals surface area contributed by atoms with Gasteiger partial charge >= 0.3 is 6.03 Å². The summed E-state index contributed by atoms with van der Waals surface area (Å²) in [4.78, 5) is 31.9. The number of nitrogens with one attached hydrogen (secondary N) is 2. The molecule has 3 N–H and O–H groups in total. The van der Waals surface area contributed by atoms with E-state index in [0.717, 1.165) is 5.56 Å². The molecule has 3 rings (SSSR count). The fraction of sp³-hybridized carbons (Fsp3) is 0.333. The van der Waals surface area contributed by atoms with Gasteiger partial charge in [-0.05, 0) is 43.7 Å². The molecular weight excluding hydrogens is 348 g/mol. The molecule has 0 saturated carbocycles. The molecule has 3 amide bonds. The summed E-state index contributed by atoms with van der Waals surface area (Å²) in [6.45, 7) is 4.16. The van der Waals surface area contributed by atoms with Gasteiger partial charge in [0.2, 0.25) is 5.96 Å². The van der Waals surface area contributed by atoms with Crippen LogP contribution in [0.1, 0.15) is 19.4 Å². The predicted octanol–water partition coefficient (Wildman–Crippen LogP) is 0.830. The van der Waals surface area contributed by atoms with E-state index >= 15 is 0 Å². The van der Waals surface area contributed by atoms with E-state index < -0.39 is 18.2 Å². The van der Waals surface area contributed by atoms with Crippen molar-refractivity contribution < 1.29 is 14.7 Å². The number of hydrogen-bond donors (Lipinski definition) is 3. The number of rotatable bonds is 4. The number of urea groups is 1. The van der Waals surface area contributed by atoms with Crippen LogP contribution in [0.25, 0.3) is 0 Å². The summed E-state index contributed by atoms with van der Waals surface area (Å²) in [6, 6.07) is 5.59. The molecule has 9 nitrogen and oxygen atoms in total. The number of benzene rings is 1. The number of aromatic hydroxyl groups is 1. The molecule has 142 valence electrons. The van der Waals surface area contributed by atoms with Crippen molar-refractivity contribution >= 4 is 23.6 Å². The van der Waals surface area contributed by atoms with Crippen molar-refractivity contribution in [3.63, 3.8) is 0 Å². The molecule has 1 saturated heterocycles. The number of aliphatic imine (C=N–C) groups is 1. The Bertz CT molecular complexity index is 830. The van der Waals surface area contributed by atoms with E-state index in [4.69, 9.17) is 0 Å². The number of amides is 3. The minimum Gasteiger partial charge on any atom is -0.508 e. The second-order valence-electron chi connectivity index (χ2n) is 6.29. The normalized spacial score (nSPS) is 22.8. The second-order valence-corrected chi connectivity index (χ2v) is 6.29. The summed E-state index contributed by atoms with van der Waals surface area (Å²) in [5.41, 5.74) is 4.44. The number of hydrazone groups is 1. The first-order chi connectivity index (χ1) is 12.9. The lowest BCUT2D eigenvalue weighted by Gasteiger charge is -2.35. The SMILES string of the molecule is C/C=C/CN1C(N/N=C(\C)c2ccc(O)cc2)=NC2C1C(=O)NC(=O)N2C. The van der Waals surface area contributed by atoms with Crippen LogP contribution >= 0.6 is 0 Å². The zero-order valence-electron chi connectivity index (χ0n) is 15.4. The summed E-state index contributed by atoms with van der Waals surface area (Å²) >= 11 is 0. The number of nitrogens with zero attached hydrogens (tertiary/aromatic N) is 4. The highest BCUT2D eigenvalue weighted by molar-refractivity contribution is 6.04. The number of imide groups is 1. The maximum atomic E-state index is 12.4. The third-order valence-corrected chi connectivity index (χ3v) is 4.51. The summed E-state index contributed by atoms with van der Waals surface area (Å²) in [5.74, 6) is 0.213. The average Bonchev–Trinajstić information content (AvgIpc) is 3.02. The van der Waals surface area contributed by atoms with Crippen LogP contribution in [0.4, 0.5) is 4.79 Å². The van der Waals surface area contributed by atoms with Crippen molar-refractivity contribution in [1.29, 1.82) is 0 Å². The molecule has 27 heavy (non-hydrogen) atoms. The molecule has 9 heteroatoms. The van der Waals surface area contributed by atoms with Gasteiger partial charge in [0.15, 0.2) is 12.2 Å². The Balaban J connectivity index is 1.85. The number of carbonyl (C=O) groups is 2. The molecule has 2 heterocycles. The predicted molar refractivity (Wildman–Crippen MR) is 101 cm³/mol. The number of hydrogen-bond acceptors (Lipinski definition) is 7. The summed E-state index contributed by atoms with van der Waals surface area (Å²) in [6.07, 6.45) is 3.17. The molecule has 1 aromatic carbocycles. The van der Waals surface area contributed by atoms with E-state index in [9.17, 15) is 14.7 Å². The fourth-order valence-electron chi connectivity index (χ4n) is 2.94. The molecule has 0 spiro atoms. The molecule has 2 unspecified atom stereocenters. The molecule has 0 bridgehead atoms. The van der Waals surface area contributed by atoms with E-state index in [1.54, 1.807) is 36.2 Å². The van der Waals surface area contributed by atoms with Gasteiger partial charge in [-0.25, -0.2) is 15.2 Å². The number of phenolic OH excluding ortho intramolecular Hbond substituents is 1. The van der Waals surface area contributed by atoms with Crippen molar-refractivity contribution in [1.82, 2.24) is 20.5 Å². The van der Waals surface area contributed by atoms with Crippen molar-refractivity contribution in [3.05, 3.63) is 42.0 Å². The van der Waals surface area contributed by atoms with Gasteiger partial charge in [0.05, 0.1) is 5.71 Å². The van der Waals surface area contributed by atoms with Crippen molar-refractivity contribution in [3.8, 4) is 5.75 Å². The fourth-order valence-corrected chi connectivity index (χ4v) is 2.94. The highest BCUT2D eigenvalue weighted by atomic mass is 16.3. The first-order valence-corrected chi connectivity index (χ1v) is 8.55. The lowest BCUT2D eigenvalue weighted by Crippen LogP contribution is -2.64. The van der Waals surface area contributed by atoms with E-state index in [0.29, 0.717) is 18.2 Å². The van der Waals surface area contributed by atoms with E-state index in [-0.39, 0.29) is 11.7 Å². The Morgan fingerprint density at radius 3 is 2.74 bits per heavy atom. The zero-order chi connectivity index (χ0) is 19.6. The van der Waals surface area contributed by atoms with Gasteiger partial charge in [-0.15, -0.1) is 0 Å². The molecule has 2 aliphatic heterocycles. The summed E-state index contributed by atoms with van der Waals surface area (Å²) < 4.78 is 0. The van der Waals surface area contributed by atoms with Crippen LogP contribution in [-0.2, 0) is 4.79 Å². The number of fused-ring (bicyclic) bond motifs is 1. The van der Waals surface area contributed by atoms with Gasteiger partial charge in [-0.2, -0.15) is 5.10 Å². The summed E-state index contributed by atoms with van der Waals surface area (Å²) in [5, 5.41) is 16.1. The summed E-state index contributed by atoms with van der Waals surface area (Å²) in [7, 11) is 1.60. The molecule has 2 aliphatic rings. The lowest BCUT2D eigenvalue weighted by molar-refractivity contribution is -0.126. The molecule has 0 aromatic heterocycles. The van der Waals surface area contributed by atoms with Crippen LogP contribution in [0, 0.1) is 0 Å². The minimum atomic E-state index is -0.615. The largest absolute Gasteiger partial charge is 0.508 e. The standard InChI is InChI=1S/C18H22N6O3/c1-4-5-10-24-14-15(23(3)18(27)20-16(14)26)19-17(24)22-21-11(2)12-6-8-13(25)9-7-12/h4-9,14-15,25H,10H2,1-3H3,(H,19,22)(H,20,26,27)/b5-4+,21-11+. The molecule has 0 radical (unpaired) electrons. The Morgan fingerprint density at radius 2 is 2.07 bits per heavy atom. The van der Waals surface area contributed by atoms with Crippen LogP contribution in [0.3, 0.4) is 0 Å². The van der Waals surface area contributed by atoms with Crippen molar-refractivity contribution in [2.45, 2.75) is 26.1 Å². The number of allylic oxidation sites excluding steroid dienone is 1. The number of phenols is 1. The number of carbonyl (C=O) groups excluding carboxylic acids is 2. The quantitative estimate of drug-likeness (QED) is 0.413. The van der Waals surface area contributed by atoms with Gasteiger partial charge in [-0.1, -0.05) is 12.2 Å². The van der Waals surface area contributed by atoms with Crippen LogP contribution in [-0.4, -0.2) is 64.3 Å². The topological polar surface area (TPSA) is 110 Å². The van der Waals surface area contributed by atoms with Crippen molar-refractivity contribution in [2.24, 2.45) is 10.1 Å². The average molecular weight is 370 g/mol. The van der Waals surface area contributed by atoms with Gasteiger partial charge in [0.1, 0.15) is 5.75 Å². The Labute approximate surface area is 157 Å². The molecule has 1 fully saturated rings. The second kappa shape index (κ2) is 7.48. The Hall–Kier alpha value is -3.36. The van der Waals surface area contributed by atoms with Gasteiger partial charge < -0.3 is 14.9 Å². The van der Waals surface area contributed by atoms with Gasteiger partial charge in [0, 0.05) is 13.6 Å². The smallest absolute Gasteiger partial charge is 0.325 e. The number of likely N-dealkylation sites (N-methyl/N-ethyl adjacent to an activating group) is 1. The maximum absolute atomic E-state index is 12.4. The van der Waals surface area contributed by atoms with E-state index in [1.165, 1.54) is 4.90 Å². The zero-order valence-corrected chi connectivity index (χ0v) is 15.4. The van der Waals surface area contributed by atoms with Crippen molar-refractivity contribution in [2.75, 3.05) is 13.6 Å². The third kappa shape index (κ3) is 3.62. The molecular formula is C18H22N6O3. The third-order valence-electron chi connectivity index (χ3n) is 4.51. The van der Waals surface area contributed by atoms with Gasteiger partial charge in [0.25, 0.3) is 5.91 Å². The van der Waals surface area contributed by atoms with Gasteiger partial charge in [-0.3, -0.25) is 10.1 Å². The monoisotopic (exact) mass is 370 g/mol. The molecule has 2 atom stereocenters. The van der Waals surface area contributed by atoms with E-state index in [1.807, 2.05) is 26.0 Å².